The molecule has 0 aliphatic carbocycles. The Kier molecular flexibility index (Phi) is 5.17. The predicted octanol–water partition coefficient (Wildman–Crippen LogP) is 1.08. The number of nitro benzene ring substituents is 1. The lowest BCUT2D eigenvalue weighted by molar-refractivity contribution is -0.387. The Morgan fingerprint density at radius 3 is 2.55 bits per heavy atom. The standard InChI is InChI=1S/C11H14N2O6S/c1-12(8-4-7-11(14)15)20(18,19)10-6-3-2-5-9(10)13(16)17/h2-3,5-6H,4,7-8H2,1H3,(H,14,15). The molecule has 1 rings (SSSR count). The van der Waals surface area contributed by atoms with E-state index in [1.807, 2.05) is 0 Å². The highest BCUT2D eigenvalue weighted by Gasteiger charge is 2.28. The van der Waals surface area contributed by atoms with Crippen LogP contribution < -0.4 is 0 Å². The molecule has 0 aromatic heterocycles. The Hall–Kier alpha value is -2.00. The van der Waals surface area contributed by atoms with Crippen molar-refractivity contribution in [2.45, 2.75) is 17.7 Å². The molecule has 20 heavy (non-hydrogen) atoms. The Morgan fingerprint density at radius 1 is 1.40 bits per heavy atom. The Balaban J connectivity index is 2.99. The summed E-state index contributed by atoms with van der Waals surface area (Å²) in [6.07, 6.45) is -0.0392. The summed E-state index contributed by atoms with van der Waals surface area (Å²) in [6, 6.07) is 5.03. The first-order valence-corrected chi connectivity index (χ1v) is 7.12. The highest BCUT2D eigenvalue weighted by Crippen LogP contribution is 2.25. The average molecular weight is 302 g/mol. The Bertz CT molecular complexity index is 613. The average Bonchev–Trinajstić information content (AvgIpc) is 2.38. The summed E-state index contributed by atoms with van der Waals surface area (Å²) in [5, 5.41) is 19.3. The molecule has 0 bridgehead atoms. The van der Waals surface area contributed by atoms with Crippen molar-refractivity contribution in [2.75, 3.05) is 13.6 Å². The van der Waals surface area contributed by atoms with Crippen LogP contribution in [0.4, 0.5) is 5.69 Å². The van der Waals surface area contributed by atoms with E-state index in [0.717, 1.165) is 16.4 Å². The molecule has 0 spiro atoms. The molecule has 0 unspecified atom stereocenters. The van der Waals surface area contributed by atoms with Crippen LogP contribution in [0.15, 0.2) is 29.2 Å². The van der Waals surface area contributed by atoms with Crippen molar-refractivity contribution >= 4 is 21.7 Å². The van der Waals surface area contributed by atoms with Crippen molar-refractivity contribution in [3.63, 3.8) is 0 Å². The zero-order chi connectivity index (χ0) is 15.3. The fraction of sp³-hybridized carbons (Fsp3) is 0.364. The van der Waals surface area contributed by atoms with Gasteiger partial charge in [-0.2, -0.15) is 0 Å². The molecule has 0 saturated heterocycles. The molecule has 110 valence electrons. The fourth-order valence-corrected chi connectivity index (χ4v) is 2.93. The molecular weight excluding hydrogens is 288 g/mol. The van der Waals surface area contributed by atoms with Gasteiger partial charge in [-0.25, -0.2) is 12.7 Å². The molecule has 0 aliphatic rings. The molecule has 0 radical (unpaired) electrons. The summed E-state index contributed by atoms with van der Waals surface area (Å²) < 4.78 is 25.3. The summed E-state index contributed by atoms with van der Waals surface area (Å²) in [7, 11) is -2.76. The molecule has 0 aliphatic heterocycles. The van der Waals surface area contributed by atoms with Crippen LogP contribution in [0.2, 0.25) is 0 Å². The van der Waals surface area contributed by atoms with E-state index in [9.17, 15) is 23.3 Å². The number of aliphatic carboxylic acids is 1. The van der Waals surface area contributed by atoms with Crippen LogP contribution in [-0.4, -0.2) is 42.3 Å². The van der Waals surface area contributed by atoms with Crippen LogP contribution in [0.3, 0.4) is 0 Å². The fourth-order valence-electron chi connectivity index (χ4n) is 1.57. The summed E-state index contributed by atoms with van der Waals surface area (Å²) >= 11 is 0. The van der Waals surface area contributed by atoms with Gasteiger partial charge in [0, 0.05) is 26.1 Å². The number of nitro groups is 1. The second-order valence-electron chi connectivity index (χ2n) is 4.05. The number of carbonyl (C=O) groups is 1. The summed E-state index contributed by atoms with van der Waals surface area (Å²) in [5.74, 6) is -1.03. The number of rotatable bonds is 7. The minimum absolute atomic E-state index is 0.0271. The van der Waals surface area contributed by atoms with Crippen LogP contribution in [0.25, 0.3) is 0 Å². The summed E-state index contributed by atoms with van der Waals surface area (Å²) in [4.78, 5) is 20.1. The third-order valence-electron chi connectivity index (χ3n) is 2.61. The molecule has 0 heterocycles. The zero-order valence-corrected chi connectivity index (χ0v) is 11.5. The quantitative estimate of drug-likeness (QED) is 0.594. The smallest absolute Gasteiger partial charge is 0.303 e. The third-order valence-corrected chi connectivity index (χ3v) is 4.52. The van der Waals surface area contributed by atoms with Crippen LogP contribution in [0.5, 0.6) is 0 Å². The molecule has 8 nitrogen and oxygen atoms in total. The van der Waals surface area contributed by atoms with Gasteiger partial charge >= 0.3 is 5.97 Å². The summed E-state index contributed by atoms with van der Waals surface area (Å²) in [6.45, 7) is -0.0271. The number of hydrogen-bond acceptors (Lipinski definition) is 5. The van der Waals surface area contributed by atoms with Gasteiger partial charge in [0.2, 0.25) is 10.0 Å². The maximum Gasteiger partial charge on any atom is 0.303 e. The van der Waals surface area contributed by atoms with Gasteiger partial charge in [-0.05, 0) is 12.5 Å². The SMILES string of the molecule is CN(CCCC(=O)O)S(=O)(=O)c1ccccc1[N+](=O)[O-]. The molecule has 0 amide bonds. The van der Waals surface area contributed by atoms with Crippen molar-refractivity contribution in [1.29, 1.82) is 0 Å². The number of sulfonamides is 1. The number of hydrogen-bond donors (Lipinski definition) is 1. The first-order valence-electron chi connectivity index (χ1n) is 5.68. The predicted molar refractivity (Wildman–Crippen MR) is 69.8 cm³/mol. The zero-order valence-electron chi connectivity index (χ0n) is 10.7. The summed E-state index contributed by atoms with van der Waals surface area (Å²) in [5.41, 5.74) is -0.502. The lowest BCUT2D eigenvalue weighted by Gasteiger charge is -2.16. The highest BCUT2D eigenvalue weighted by molar-refractivity contribution is 7.89. The van der Waals surface area contributed by atoms with Gasteiger partial charge in [-0.1, -0.05) is 12.1 Å². The molecule has 1 aromatic rings. The van der Waals surface area contributed by atoms with Crippen molar-refractivity contribution in [3.05, 3.63) is 34.4 Å². The van der Waals surface area contributed by atoms with E-state index in [1.165, 1.54) is 19.2 Å². The topological polar surface area (TPSA) is 118 Å². The van der Waals surface area contributed by atoms with E-state index in [-0.39, 0.29) is 19.4 Å². The highest BCUT2D eigenvalue weighted by atomic mass is 32.2. The van der Waals surface area contributed by atoms with Gasteiger partial charge in [-0.15, -0.1) is 0 Å². The van der Waals surface area contributed by atoms with Gasteiger partial charge in [0.1, 0.15) is 0 Å². The van der Waals surface area contributed by atoms with E-state index in [4.69, 9.17) is 5.11 Å². The third kappa shape index (κ3) is 3.75. The molecule has 1 aromatic carbocycles. The number of nitrogens with zero attached hydrogens (tertiary/aromatic N) is 2. The molecule has 1 N–H and O–H groups in total. The second-order valence-corrected chi connectivity index (χ2v) is 6.06. The minimum Gasteiger partial charge on any atom is -0.481 e. The van der Waals surface area contributed by atoms with E-state index in [2.05, 4.69) is 0 Å². The molecular formula is C11H14N2O6S. The monoisotopic (exact) mass is 302 g/mol. The number of carboxylic acids is 1. The maximum absolute atomic E-state index is 12.2. The molecule has 0 fully saturated rings. The van der Waals surface area contributed by atoms with Crippen molar-refractivity contribution in [1.82, 2.24) is 4.31 Å². The molecule has 0 saturated carbocycles. The van der Waals surface area contributed by atoms with E-state index < -0.39 is 31.5 Å². The van der Waals surface area contributed by atoms with Crippen LogP contribution >= 0.6 is 0 Å². The minimum atomic E-state index is -4.01. The van der Waals surface area contributed by atoms with Gasteiger partial charge in [0.25, 0.3) is 5.69 Å². The maximum atomic E-state index is 12.2. The van der Waals surface area contributed by atoms with Crippen molar-refractivity contribution < 1.29 is 23.2 Å². The Labute approximate surface area is 115 Å². The van der Waals surface area contributed by atoms with Crippen molar-refractivity contribution in [3.8, 4) is 0 Å². The lowest BCUT2D eigenvalue weighted by Crippen LogP contribution is -2.28. The van der Waals surface area contributed by atoms with Crippen LogP contribution in [0.1, 0.15) is 12.8 Å². The largest absolute Gasteiger partial charge is 0.481 e. The van der Waals surface area contributed by atoms with Crippen LogP contribution in [0, 0.1) is 10.1 Å². The van der Waals surface area contributed by atoms with E-state index in [0.29, 0.717) is 0 Å². The second kappa shape index (κ2) is 6.44. The number of carboxylic acid groups (broad SMARTS) is 1. The van der Waals surface area contributed by atoms with Crippen LogP contribution in [-0.2, 0) is 14.8 Å². The van der Waals surface area contributed by atoms with Crippen molar-refractivity contribution in [2.24, 2.45) is 0 Å². The Morgan fingerprint density at radius 2 is 2.00 bits per heavy atom. The van der Waals surface area contributed by atoms with E-state index in [1.54, 1.807) is 0 Å². The van der Waals surface area contributed by atoms with Gasteiger partial charge in [0.15, 0.2) is 4.90 Å². The van der Waals surface area contributed by atoms with Gasteiger partial charge in [-0.3, -0.25) is 14.9 Å². The molecule has 0 atom stereocenters. The number of para-hydroxylation sites is 1. The normalized spacial score (nSPS) is 11.5. The first kappa shape index (κ1) is 16.1. The number of benzene rings is 1. The van der Waals surface area contributed by atoms with Gasteiger partial charge in [0.05, 0.1) is 4.92 Å². The first-order chi connectivity index (χ1) is 9.26. The van der Waals surface area contributed by atoms with Gasteiger partial charge < -0.3 is 5.11 Å². The molecule has 9 heteroatoms. The van der Waals surface area contributed by atoms with E-state index >= 15 is 0 Å². The lowest BCUT2D eigenvalue weighted by atomic mass is 10.3.